The molecule has 33 heavy (non-hydrogen) atoms. The molecule has 2 fully saturated rings. The molecule has 0 unspecified atom stereocenters. The number of nitrogens with zero attached hydrogens (tertiary/aromatic N) is 5. The van der Waals surface area contributed by atoms with E-state index in [1.807, 2.05) is 0 Å². The van der Waals surface area contributed by atoms with E-state index in [9.17, 15) is 13.9 Å². The molecule has 4 atom stereocenters. The molecule has 10 heteroatoms. The highest BCUT2D eigenvalue weighted by Crippen LogP contribution is 2.35. The van der Waals surface area contributed by atoms with Gasteiger partial charge in [0.15, 0.2) is 11.6 Å². The van der Waals surface area contributed by atoms with Crippen LogP contribution in [0.15, 0.2) is 41.7 Å². The number of piperidine rings is 1. The molecule has 172 valence electrons. The van der Waals surface area contributed by atoms with Crippen molar-refractivity contribution >= 4 is 17.6 Å². The molecule has 0 spiro atoms. The van der Waals surface area contributed by atoms with Crippen LogP contribution in [0.4, 0.5) is 14.6 Å². The second-order valence-electron chi connectivity index (χ2n) is 8.38. The Hall–Kier alpha value is -2.85. The van der Waals surface area contributed by atoms with Crippen molar-refractivity contribution in [2.45, 2.75) is 48.6 Å². The first kappa shape index (κ1) is 18.6. The van der Waals surface area contributed by atoms with Gasteiger partial charge in [0, 0.05) is 28.8 Å². The number of benzene rings is 1. The molecule has 2 aliphatic rings. The van der Waals surface area contributed by atoms with E-state index in [0.717, 1.165) is 19.0 Å². The number of anilines is 1. The molecule has 3 aromatic rings. The van der Waals surface area contributed by atoms with Crippen molar-refractivity contribution in [1.29, 1.82) is 0 Å². The number of halogens is 2. The third-order valence-corrected chi connectivity index (χ3v) is 6.88. The highest BCUT2D eigenvalue weighted by Gasteiger charge is 2.43. The zero-order chi connectivity index (χ0) is 25.6. The SMILES string of the molecule is [2H]C([2H])([2H])Sc1cc(-c2ccc(-c3ncc(N(C)[C@H]4C[C@@H]5CC[C@H](N5)[C@H]4F)nn3)c(O)c2)c(F)cn1. The summed E-state index contributed by atoms with van der Waals surface area (Å²) in [5.41, 5.74) is 0.726. The Morgan fingerprint density at radius 1 is 1.18 bits per heavy atom. The molecule has 5 rings (SSSR count). The van der Waals surface area contributed by atoms with E-state index >= 15 is 0 Å². The molecule has 7 nitrogen and oxygen atoms in total. The van der Waals surface area contributed by atoms with Crippen LogP contribution >= 0.6 is 11.8 Å². The lowest BCUT2D eigenvalue weighted by molar-refractivity contribution is 0.176. The van der Waals surface area contributed by atoms with Crippen LogP contribution in [0.25, 0.3) is 22.5 Å². The zero-order valence-electron chi connectivity index (χ0n) is 20.7. The molecule has 0 aliphatic carbocycles. The van der Waals surface area contributed by atoms with Gasteiger partial charge in [0.2, 0.25) is 0 Å². The lowest BCUT2D eigenvalue weighted by Gasteiger charge is -2.38. The summed E-state index contributed by atoms with van der Waals surface area (Å²) in [7, 11) is 1.78. The molecule has 2 bridgehead atoms. The summed E-state index contributed by atoms with van der Waals surface area (Å²) in [6, 6.07) is 5.62. The first-order valence-corrected chi connectivity index (χ1v) is 11.4. The fraction of sp³-hybridized carbons (Fsp3) is 0.391. The number of thioether (sulfide) groups is 1. The van der Waals surface area contributed by atoms with Crippen LogP contribution in [0.3, 0.4) is 0 Å². The molecule has 0 amide bonds. The molecule has 0 saturated carbocycles. The Balaban J connectivity index is 1.36. The van der Waals surface area contributed by atoms with E-state index < -0.39 is 18.2 Å². The summed E-state index contributed by atoms with van der Waals surface area (Å²) in [4.78, 5) is 9.90. The number of phenols is 1. The molecule has 2 saturated heterocycles. The maximum atomic E-state index is 14.9. The second kappa shape index (κ2) is 8.83. The van der Waals surface area contributed by atoms with Crippen molar-refractivity contribution < 1.29 is 18.0 Å². The minimum absolute atomic E-state index is 0.103. The van der Waals surface area contributed by atoms with Crippen molar-refractivity contribution in [3.63, 3.8) is 0 Å². The predicted octanol–water partition coefficient (Wildman–Crippen LogP) is 3.83. The van der Waals surface area contributed by atoms with E-state index in [0.29, 0.717) is 35.6 Å². The normalized spacial score (nSPS) is 25.8. The van der Waals surface area contributed by atoms with Crippen LogP contribution in [0.5, 0.6) is 5.75 Å². The van der Waals surface area contributed by atoms with Gasteiger partial charge in [-0.1, -0.05) is 6.07 Å². The lowest BCUT2D eigenvalue weighted by atomic mass is 9.96. The van der Waals surface area contributed by atoms with Crippen LogP contribution in [-0.2, 0) is 0 Å². The second-order valence-corrected chi connectivity index (χ2v) is 9.00. The molecule has 2 N–H and O–H groups in total. The predicted molar refractivity (Wildman–Crippen MR) is 124 cm³/mol. The third kappa shape index (κ3) is 4.13. The van der Waals surface area contributed by atoms with Gasteiger partial charge >= 0.3 is 0 Å². The highest BCUT2D eigenvalue weighted by molar-refractivity contribution is 7.98. The number of pyridine rings is 1. The molecule has 2 aromatic heterocycles. The third-order valence-electron chi connectivity index (χ3n) is 6.45. The van der Waals surface area contributed by atoms with Crippen LogP contribution in [0, 0.1) is 5.82 Å². The zero-order valence-corrected chi connectivity index (χ0v) is 18.6. The van der Waals surface area contributed by atoms with Gasteiger partial charge in [-0.15, -0.1) is 22.0 Å². The van der Waals surface area contributed by atoms with Crippen molar-refractivity contribution in [3.8, 4) is 28.3 Å². The summed E-state index contributed by atoms with van der Waals surface area (Å²) in [6.07, 6.45) is 1.59. The largest absolute Gasteiger partial charge is 0.507 e. The van der Waals surface area contributed by atoms with Crippen LogP contribution in [0.2, 0.25) is 0 Å². The highest BCUT2D eigenvalue weighted by atomic mass is 32.2. The van der Waals surface area contributed by atoms with Crippen molar-refractivity contribution in [2.75, 3.05) is 18.1 Å². The number of alkyl halides is 1. The Kier molecular flexibility index (Phi) is 4.97. The number of fused-ring (bicyclic) bond motifs is 2. The first-order valence-electron chi connectivity index (χ1n) is 12.1. The maximum absolute atomic E-state index is 14.9. The van der Waals surface area contributed by atoms with Gasteiger partial charge in [-0.3, -0.25) is 0 Å². The summed E-state index contributed by atoms with van der Waals surface area (Å²) in [5.74, 6) is -0.260. The van der Waals surface area contributed by atoms with Gasteiger partial charge < -0.3 is 15.3 Å². The maximum Gasteiger partial charge on any atom is 0.185 e. The van der Waals surface area contributed by atoms with E-state index in [1.165, 1.54) is 24.4 Å². The van der Waals surface area contributed by atoms with Gasteiger partial charge in [0.05, 0.1) is 29.0 Å². The number of nitrogens with one attached hydrogen (secondary N) is 1. The first-order chi connectivity index (χ1) is 17.1. The Morgan fingerprint density at radius 2 is 2.06 bits per heavy atom. The van der Waals surface area contributed by atoms with E-state index in [-0.39, 0.29) is 39.8 Å². The minimum atomic E-state index is -2.32. The van der Waals surface area contributed by atoms with Crippen molar-refractivity contribution in [1.82, 2.24) is 25.5 Å². The van der Waals surface area contributed by atoms with Crippen molar-refractivity contribution in [2.24, 2.45) is 0 Å². The minimum Gasteiger partial charge on any atom is -0.507 e. The smallest absolute Gasteiger partial charge is 0.185 e. The summed E-state index contributed by atoms with van der Waals surface area (Å²) < 4.78 is 51.4. The van der Waals surface area contributed by atoms with Gasteiger partial charge in [0.25, 0.3) is 0 Å². The molecule has 2 aliphatic heterocycles. The quantitative estimate of drug-likeness (QED) is 0.541. The van der Waals surface area contributed by atoms with Crippen LogP contribution < -0.4 is 10.2 Å². The fourth-order valence-corrected chi connectivity index (χ4v) is 4.94. The van der Waals surface area contributed by atoms with Gasteiger partial charge in [0.1, 0.15) is 17.7 Å². The van der Waals surface area contributed by atoms with Gasteiger partial charge in [-0.25, -0.2) is 18.7 Å². The number of hydrogen-bond acceptors (Lipinski definition) is 8. The molecule has 0 radical (unpaired) electrons. The van der Waals surface area contributed by atoms with Crippen LogP contribution in [0.1, 0.15) is 23.4 Å². The summed E-state index contributed by atoms with van der Waals surface area (Å²) in [6.45, 7) is 0. The number of phenolic OH excluding ortho intramolecular Hbond substituents is 1. The average molecular weight is 474 g/mol. The molecular formula is C23H24F2N6OS. The topological polar surface area (TPSA) is 87.1 Å². The Bertz CT molecular complexity index is 1270. The number of aromatic nitrogens is 4. The Labute approximate surface area is 198 Å². The molecule has 1 aromatic carbocycles. The standard InChI is InChI=1S/C23H24F2N6OS/c1-31(18-8-13-4-6-17(28-13)22(18)25)20-11-27-23(30-29-20)14-5-3-12(7-19(14)32)15-9-21(33-2)26-10-16(15)24/h3,5,7,9-11,13,17-18,22,28,32H,4,6,8H2,1-2H3/t13-,17-,18-,22+/m0/s1/i2D3. The van der Waals surface area contributed by atoms with Crippen LogP contribution in [-0.4, -0.2) is 62.8 Å². The van der Waals surface area contributed by atoms with E-state index in [4.69, 9.17) is 4.11 Å². The monoisotopic (exact) mass is 473 g/mol. The van der Waals surface area contributed by atoms with Crippen molar-refractivity contribution in [3.05, 3.63) is 42.5 Å². The summed E-state index contributed by atoms with van der Waals surface area (Å²) in [5, 5.41) is 22.4. The molecule has 4 heterocycles. The lowest BCUT2D eigenvalue weighted by Crippen LogP contribution is -2.55. The fourth-order valence-electron chi connectivity index (χ4n) is 4.66. The van der Waals surface area contributed by atoms with E-state index in [1.54, 1.807) is 18.0 Å². The van der Waals surface area contributed by atoms with E-state index in [2.05, 4.69) is 25.5 Å². The summed E-state index contributed by atoms with van der Waals surface area (Å²) >= 11 is 0.541. The van der Waals surface area contributed by atoms with Gasteiger partial charge in [-0.05, 0) is 49.2 Å². The number of hydrogen-bond donors (Lipinski definition) is 2. The number of aromatic hydroxyl groups is 1. The number of rotatable bonds is 5. The van der Waals surface area contributed by atoms with Gasteiger partial charge in [-0.2, -0.15) is 0 Å². The average Bonchev–Trinajstić information content (AvgIpc) is 3.25. The Morgan fingerprint density at radius 3 is 2.82 bits per heavy atom. The molecular weight excluding hydrogens is 446 g/mol.